The molecule has 1 heterocycles. The van der Waals surface area contributed by atoms with Gasteiger partial charge in [0.2, 0.25) is 0 Å². The van der Waals surface area contributed by atoms with Crippen LogP contribution in [0.4, 0.5) is 0 Å². The molecule has 4 heteroatoms. The van der Waals surface area contributed by atoms with Crippen molar-refractivity contribution in [1.29, 1.82) is 0 Å². The van der Waals surface area contributed by atoms with Gasteiger partial charge in [0.25, 0.3) is 0 Å². The molecule has 1 rings (SSSR count). The van der Waals surface area contributed by atoms with Crippen molar-refractivity contribution in [1.82, 2.24) is 5.32 Å². The largest absolute Gasteiger partial charge is 0.495 e. The SMILES string of the molecule is OCCC1(O)C=CC=C(O)N1. The number of aliphatic hydroxyl groups excluding tert-OH is 2. The van der Waals surface area contributed by atoms with Crippen molar-refractivity contribution in [2.75, 3.05) is 6.61 Å². The normalized spacial score (nSPS) is 29.5. The summed E-state index contributed by atoms with van der Waals surface area (Å²) >= 11 is 0. The molecule has 0 aromatic carbocycles. The van der Waals surface area contributed by atoms with Gasteiger partial charge in [-0.25, -0.2) is 0 Å². The molecule has 0 spiro atoms. The summed E-state index contributed by atoms with van der Waals surface area (Å²) in [4.78, 5) is 0. The van der Waals surface area contributed by atoms with Crippen molar-refractivity contribution >= 4 is 0 Å². The number of hydrogen-bond acceptors (Lipinski definition) is 4. The maximum atomic E-state index is 9.48. The highest BCUT2D eigenvalue weighted by Crippen LogP contribution is 2.13. The first-order chi connectivity index (χ1) is 5.16. The molecule has 1 unspecified atom stereocenters. The third-order valence-electron chi connectivity index (χ3n) is 1.46. The summed E-state index contributed by atoms with van der Waals surface area (Å²) in [6.45, 7) is -0.138. The average molecular weight is 157 g/mol. The van der Waals surface area contributed by atoms with Gasteiger partial charge in [0.15, 0.2) is 11.6 Å². The fraction of sp³-hybridized carbons (Fsp3) is 0.429. The highest BCUT2D eigenvalue weighted by atomic mass is 16.3. The van der Waals surface area contributed by atoms with E-state index in [9.17, 15) is 5.11 Å². The van der Waals surface area contributed by atoms with Crippen molar-refractivity contribution in [2.45, 2.75) is 12.1 Å². The lowest BCUT2D eigenvalue weighted by Crippen LogP contribution is -2.44. The Balaban J connectivity index is 2.62. The minimum Gasteiger partial charge on any atom is -0.495 e. The number of rotatable bonds is 2. The molecule has 1 aliphatic heterocycles. The highest BCUT2D eigenvalue weighted by Gasteiger charge is 2.24. The van der Waals surface area contributed by atoms with Gasteiger partial charge in [0, 0.05) is 13.0 Å². The van der Waals surface area contributed by atoms with Gasteiger partial charge in [-0.3, -0.25) is 0 Å². The van der Waals surface area contributed by atoms with E-state index in [1.807, 2.05) is 0 Å². The number of aliphatic hydroxyl groups is 3. The standard InChI is InChI=1S/C7H11NO3/c9-5-4-7(11)3-1-2-6(10)8-7/h1-3,8-11H,4-5H2. The lowest BCUT2D eigenvalue weighted by Gasteiger charge is -2.27. The molecule has 0 bridgehead atoms. The summed E-state index contributed by atoms with van der Waals surface area (Å²) in [6, 6.07) is 0. The van der Waals surface area contributed by atoms with Crippen LogP contribution in [-0.2, 0) is 0 Å². The molecule has 0 amide bonds. The lowest BCUT2D eigenvalue weighted by atomic mass is 10.1. The van der Waals surface area contributed by atoms with Crippen LogP contribution < -0.4 is 5.32 Å². The third-order valence-corrected chi connectivity index (χ3v) is 1.46. The zero-order valence-electron chi connectivity index (χ0n) is 5.99. The Kier molecular flexibility index (Phi) is 2.16. The van der Waals surface area contributed by atoms with Gasteiger partial charge < -0.3 is 20.6 Å². The maximum Gasteiger partial charge on any atom is 0.186 e. The minimum absolute atomic E-state index is 0.0940. The predicted molar refractivity (Wildman–Crippen MR) is 39.6 cm³/mol. The van der Waals surface area contributed by atoms with Gasteiger partial charge in [-0.05, 0) is 12.2 Å². The van der Waals surface area contributed by atoms with Crippen LogP contribution in [0.1, 0.15) is 6.42 Å². The quantitative estimate of drug-likeness (QED) is 0.441. The smallest absolute Gasteiger partial charge is 0.186 e. The summed E-state index contributed by atoms with van der Waals surface area (Å²) in [5.41, 5.74) is -1.30. The van der Waals surface area contributed by atoms with Gasteiger partial charge in [-0.1, -0.05) is 6.08 Å². The van der Waals surface area contributed by atoms with Crippen LogP contribution >= 0.6 is 0 Å². The second kappa shape index (κ2) is 2.94. The minimum atomic E-state index is -1.30. The Bertz CT molecular complexity index is 200. The molecule has 4 nitrogen and oxygen atoms in total. The summed E-state index contributed by atoms with van der Waals surface area (Å²) in [5.74, 6) is -0.0940. The van der Waals surface area contributed by atoms with Crippen LogP contribution in [0.5, 0.6) is 0 Å². The molecule has 11 heavy (non-hydrogen) atoms. The van der Waals surface area contributed by atoms with Gasteiger partial charge in [-0.15, -0.1) is 0 Å². The van der Waals surface area contributed by atoms with E-state index in [1.165, 1.54) is 18.2 Å². The zero-order valence-corrected chi connectivity index (χ0v) is 5.99. The summed E-state index contributed by atoms with van der Waals surface area (Å²) in [7, 11) is 0. The molecule has 0 aliphatic carbocycles. The summed E-state index contributed by atoms with van der Waals surface area (Å²) in [5, 5.41) is 29.4. The molecular weight excluding hydrogens is 146 g/mol. The highest BCUT2D eigenvalue weighted by molar-refractivity contribution is 5.18. The van der Waals surface area contributed by atoms with E-state index in [4.69, 9.17) is 10.2 Å². The Labute approximate surface area is 64.5 Å². The molecule has 0 aromatic heterocycles. The molecule has 0 radical (unpaired) electrons. The molecule has 1 aliphatic rings. The van der Waals surface area contributed by atoms with Crippen LogP contribution in [0.3, 0.4) is 0 Å². The number of hydrogen-bond donors (Lipinski definition) is 4. The second-order valence-corrected chi connectivity index (χ2v) is 2.43. The topological polar surface area (TPSA) is 72.7 Å². The second-order valence-electron chi connectivity index (χ2n) is 2.43. The van der Waals surface area contributed by atoms with E-state index < -0.39 is 5.72 Å². The van der Waals surface area contributed by atoms with Gasteiger partial charge in [0.1, 0.15) is 0 Å². The average Bonchev–Trinajstić information content (AvgIpc) is 1.86. The van der Waals surface area contributed by atoms with Crippen LogP contribution in [0.2, 0.25) is 0 Å². The van der Waals surface area contributed by atoms with Gasteiger partial charge in [0.05, 0.1) is 0 Å². The zero-order chi connectivity index (χ0) is 8.32. The first-order valence-electron chi connectivity index (χ1n) is 3.36. The van der Waals surface area contributed by atoms with Crippen molar-refractivity contribution in [3.8, 4) is 0 Å². The van der Waals surface area contributed by atoms with E-state index in [-0.39, 0.29) is 18.9 Å². The number of allylic oxidation sites excluding steroid dienone is 2. The maximum absolute atomic E-state index is 9.48. The molecule has 4 N–H and O–H groups in total. The monoisotopic (exact) mass is 157 g/mol. The fourth-order valence-electron chi connectivity index (χ4n) is 0.920. The summed E-state index contributed by atoms with van der Waals surface area (Å²) in [6.07, 6.45) is 4.58. The van der Waals surface area contributed by atoms with E-state index in [0.29, 0.717) is 0 Å². The fourth-order valence-corrected chi connectivity index (χ4v) is 0.920. The molecular formula is C7H11NO3. The molecule has 0 saturated carbocycles. The predicted octanol–water partition coefficient (Wildman–Crippen LogP) is -0.384. The number of nitrogens with one attached hydrogen (secondary N) is 1. The Hall–Kier alpha value is -1.00. The van der Waals surface area contributed by atoms with E-state index >= 15 is 0 Å². The van der Waals surface area contributed by atoms with E-state index in [2.05, 4.69) is 5.32 Å². The van der Waals surface area contributed by atoms with E-state index in [0.717, 1.165) is 0 Å². The van der Waals surface area contributed by atoms with Crippen molar-refractivity contribution in [2.24, 2.45) is 0 Å². The molecule has 62 valence electrons. The lowest BCUT2D eigenvalue weighted by molar-refractivity contribution is 0.0243. The third kappa shape index (κ3) is 1.96. The first-order valence-corrected chi connectivity index (χ1v) is 3.36. The van der Waals surface area contributed by atoms with Crippen LogP contribution in [0, 0.1) is 0 Å². The van der Waals surface area contributed by atoms with Gasteiger partial charge in [-0.2, -0.15) is 0 Å². The number of dihydropyridines is 1. The van der Waals surface area contributed by atoms with E-state index in [1.54, 1.807) is 0 Å². The van der Waals surface area contributed by atoms with Crippen molar-refractivity contribution in [3.05, 3.63) is 24.1 Å². The van der Waals surface area contributed by atoms with Crippen molar-refractivity contribution < 1.29 is 15.3 Å². The molecule has 0 fully saturated rings. The molecule has 0 aromatic rings. The Morgan fingerprint density at radius 2 is 2.27 bits per heavy atom. The van der Waals surface area contributed by atoms with Gasteiger partial charge >= 0.3 is 0 Å². The Morgan fingerprint density at radius 3 is 2.82 bits per heavy atom. The van der Waals surface area contributed by atoms with Crippen molar-refractivity contribution in [3.63, 3.8) is 0 Å². The molecule has 1 atom stereocenters. The van der Waals surface area contributed by atoms with Crippen LogP contribution in [-0.4, -0.2) is 27.7 Å². The molecule has 0 saturated heterocycles. The Morgan fingerprint density at radius 1 is 1.55 bits per heavy atom. The summed E-state index contributed by atoms with van der Waals surface area (Å²) < 4.78 is 0. The van der Waals surface area contributed by atoms with Crippen LogP contribution in [0.15, 0.2) is 24.1 Å². The first kappa shape index (κ1) is 8.10. The van der Waals surface area contributed by atoms with Crippen LogP contribution in [0.25, 0.3) is 0 Å².